The highest BCUT2D eigenvalue weighted by Gasteiger charge is 2.34. The van der Waals surface area contributed by atoms with Crippen LogP contribution in [-0.4, -0.2) is 14.3 Å². The molecule has 0 saturated carbocycles. The van der Waals surface area contributed by atoms with Crippen LogP contribution in [-0.2, 0) is 16.4 Å². The molecule has 0 N–H and O–H groups in total. The molecule has 0 heterocycles. The largest absolute Gasteiger partial charge is 0.273 e. The summed E-state index contributed by atoms with van der Waals surface area (Å²) >= 11 is 2.05. The second-order valence-electron chi connectivity index (χ2n) is 6.99. The molecule has 0 aromatic heterocycles. The van der Waals surface area contributed by atoms with Crippen molar-refractivity contribution in [2.75, 3.05) is 4.31 Å². The molecule has 0 aliphatic rings. The van der Waals surface area contributed by atoms with Crippen LogP contribution in [0.2, 0.25) is 0 Å². The predicted octanol–water partition coefficient (Wildman–Crippen LogP) is 5.67. The molecule has 3 rings (SSSR count). The van der Waals surface area contributed by atoms with Crippen LogP contribution in [0.1, 0.15) is 27.0 Å². The summed E-state index contributed by atoms with van der Waals surface area (Å²) in [6, 6.07) is 18.9. The minimum absolute atomic E-state index is 0.0671. The van der Waals surface area contributed by atoms with Crippen molar-refractivity contribution in [3.8, 4) is 0 Å². The Hall–Kier alpha value is -2.45. The van der Waals surface area contributed by atoms with E-state index >= 15 is 0 Å². The van der Waals surface area contributed by atoms with Gasteiger partial charge in [-0.05, 0) is 78.8 Å². The Morgan fingerprint density at radius 2 is 1.63 bits per heavy atom. The second kappa shape index (κ2) is 9.14. The minimum Gasteiger partial charge on any atom is -0.268 e. The van der Waals surface area contributed by atoms with Crippen LogP contribution in [0.3, 0.4) is 0 Å². The Labute approximate surface area is 191 Å². The zero-order valence-electron chi connectivity index (χ0n) is 16.8. The number of sulfonamides is 1. The number of hydrogen-bond acceptors (Lipinski definition) is 3. The lowest BCUT2D eigenvalue weighted by Crippen LogP contribution is -2.38. The smallest absolute Gasteiger partial charge is 0.268 e. The zero-order valence-corrected chi connectivity index (χ0v) is 19.8. The fraction of sp³-hybridized carbons (Fsp3) is 0.125. The van der Waals surface area contributed by atoms with Crippen LogP contribution in [0.15, 0.2) is 84.3 Å². The Kier molecular flexibility index (Phi) is 6.77. The molecule has 3 aromatic rings. The van der Waals surface area contributed by atoms with Gasteiger partial charge in [-0.2, -0.15) is 4.31 Å². The molecule has 0 unspecified atom stereocenters. The molecule has 4 nitrogen and oxygen atoms in total. The van der Waals surface area contributed by atoms with Crippen LogP contribution in [0, 0.1) is 17.4 Å². The highest BCUT2D eigenvalue weighted by molar-refractivity contribution is 14.1. The molecule has 6 heteroatoms. The van der Waals surface area contributed by atoms with Gasteiger partial charge in [0.25, 0.3) is 15.9 Å². The van der Waals surface area contributed by atoms with Gasteiger partial charge in [-0.15, -0.1) is 6.58 Å². The third-order valence-electron chi connectivity index (χ3n) is 4.67. The quantitative estimate of drug-likeness (QED) is 0.304. The first-order chi connectivity index (χ1) is 14.3. The molecule has 0 bridgehead atoms. The monoisotopic (exact) mass is 531 g/mol. The molecule has 1 amide bonds. The molecule has 0 fully saturated rings. The van der Waals surface area contributed by atoms with Crippen molar-refractivity contribution < 1.29 is 13.2 Å². The molecule has 0 radical (unpaired) electrons. The summed E-state index contributed by atoms with van der Waals surface area (Å²) < 4.78 is 29.0. The minimum atomic E-state index is -4.14. The van der Waals surface area contributed by atoms with Crippen molar-refractivity contribution in [1.29, 1.82) is 0 Å². The van der Waals surface area contributed by atoms with Crippen molar-refractivity contribution in [3.05, 3.63) is 105 Å². The maximum atomic E-state index is 13.7. The summed E-state index contributed by atoms with van der Waals surface area (Å²) in [7, 11) is -4.14. The number of amides is 1. The van der Waals surface area contributed by atoms with E-state index in [-0.39, 0.29) is 4.90 Å². The van der Waals surface area contributed by atoms with E-state index in [1.165, 1.54) is 12.1 Å². The van der Waals surface area contributed by atoms with Gasteiger partial charge in [0, 0.05) is 3.57 Å². The Bertz CT molecular complexity index is 1200. The lowest BCUT2D eigenvalue weighted by Gasteiger charge is -2.25. The first-order valence-electron chi connectivity index (χ1n) is 9.37. The SMILES string of the molecule is C=CCc1cc(C)ccc1N(C(=O)c1ccccc1I)S(=O)(=O)c1ccc(C)cc1. The van der Waals surface area contributed by atoms with E-state index in [1.807, 2.05) is 54.6 Å². The first kappa shape index (κ1) is 22.2. The lowest BCUT2D eigenvalue weighted by atomic mass is 10.1. The van der Waals surface area contributed by atoms with E-state index in [9.17, 15) is 13.2 Å². The van der Waals surface area contributed by atoms with Crippen molar-refractivity contribution in [2.45, 2.75) is 25.2 Å². The molecule has 0 atom stereocenters. The van der Waals surface area contributed by atoms with Gasteiger partial charge in [0.1, 0.15) is 0 Å². The first-order valence-corrected chi connectivity index (χ1v) is 11.9. The molecular formula is C24H22INO3S. The van der Waals surface area contributed by atoms with Crippen LogP contribution in [0.5, 0.6) is 0 Å². The van der Waals surface area contributed by atoms with Crippen molar-refractivity contribution in [1.82, 2.24) is 0 Å². The Morgan fingerprint density at radius 1 is 1.00 bits per heavy atom. The molecule has 0 aliphatic carbocycles. The zero-order chi connectivity index (χ0) is 21.9. The molecular weight excluding hydrogens is 509 g/mol. The van der Waals surface area contributed by atoms with Gasteiger partial charge >= 0.3 is 0 Å². The molecule has 30 heavy (non-hydrogen) atoms. The van der Waals surface area contributed by atoms with Crippen LogP contribution in [0.25, 0.3) is 0 Å². The number of carbonyl (C=O) groups excluding carboxylic acids is 1. The summed E-state index contributed by atoms with van der Waals surface area (Å²) in [6.45, 7) is 7.59. The molecule has 3 aromatic carbocycles. The fourth-order valence-electron chi connectivity index (χ4n) is 3.14. The fourth-order valence-corrected chi connectivity index (χ4v) is 5.20. The number of carbonyl (C=O) groups is 1. The Morgan fingerprint density at radius 3 is 2.27 bits per heavy atom. The van der Waals surface area contributed by atoms with Crippen LogP contribution >= 0.6 is 22.6 Å². The van der Waals surface area contributed by atoms with Crippen molar-refractivity contribution in [2.24, 2.45) is 0 Å². The van der Waals surface area contributed by atoms with Crippen LogP contribution in [0.4, 0.5) is 5.69 Å². The highest BCUT2D eigenvalue weighted by Crippen LogP contribution is 2.31. The number of allylic oxidation sites excluding steroid dienone is 1. The van der Waals surface area contributed by atoms with Gasteiger partial charge in [-0.3, -0.25) is 4.79 Å². The summed E-state index contributed by atoms with van der Waals surface area (Å²) in [6.07, 6.45) is 2.14. The number of rotatable bonds is 6. The number of nitrogens with zero attached hydrogens (tertiary/aromatic N) is 1. The van der Waals surface area contributed by atoms with Crippen molar-refractivity contribution in [3.63, 3.8) is 0 Å². The van der Waals surface area contributed by atoms with E-state index < -0.39 is 15.9 Å². The van der Waals surface area contributed by atoms with E-state index in [4.69, 9.17) is 0 Å². The Balaban J connectivity index is 2.27. The van der Waals surface area contributed by atoms with E-state index in [2.05, 4.69) is 6.58 Å². The maximum absolute atomic E-state index is 13.7. The van der Waals surface area contributed by atoms with Gasteiger partial charge in [0.05, 0.1) is 16.1 Å². The van der Waals surface area contributed by atoms with E-state index in [0.717, 1.165) is 21.0 Å². The number of anilines is 1. The summed E-state index contributed by atoms with van der Waals surface area (Å²) in [4.78, 5) is 13.7. The van der Waals surface area contributed by atoms with Crippen molar-refractivity contribution >= 4 is 44.2 Å². The lowest BCUT2D eigenvalue weighted by molar-refractivity contribution is 0.100. The average Bonchev–Trinajstić information content (AvgIpc) is 2.70. The van der Waals surface area contributed by atoms with Crippen LogP contribution < -0.4 is 4.31 Å². The molecule has 0 spiro atoms. The highest BCUT2D eigenvalue weighted by atomic mass is 127. The van der Waals surface area contributed by atoms with Gasteiger partial charge in [0.2, 0.25) is 0 Å². The molecule has 154 valence electrons. The third-order valence-corrected chi connectivity index (χ3v) is 7.32. The number of halogens is 1. The summed E-state index contributed by atoms with van der Waals surface area (Å²) in [5, 5.41) is 0. The number of hydrogen-bond donors (Lipinski definition) is 0. The summed E-state index contributed by atoms with van der Waals surface area (Å²) in [5.41, 5.74) is 3.31. The topological polar surface area (TPSA) is 54.5 Å². The van der Waals surface area contributed by atoms with E-state index in [0.29, 0.717) is 21.2 Å². The van der Waals surface area contributed by atoms with Gasteiger partial charge < -0.3 is 0 Å². The standard InChI is InChI=1S/C24H22INO3S/c1-4-7-19-16-18(3)12-15-23(19)26(24(27)21-8-5-6-9-22(21)25)30(28,29)20-13-10-17(2)11-14-20/h4-6,8-16H,1,7H2,2-3H3. The molecule has 0 saturated heterocycles. The van der Waals surface area contributed by atoms with Gasteiger partial charge in [-0.25, -0.2) is 8.42 Å². The molecule has 0 aliphatic heterocycles. The normalized spacial score (nSPS) is 11.2. The number of aryl methyl sites for hydroxylation is 2. The van der Waals surface area contributed by atoms with E-state index in [1.54, 1.807) is 42.5 Å². The average molecular weight is 531 g/mol. The predicted molar refractivity (Wildman–Crippen MR) is 129 cm³/mol. The maximum Gasteiger partial charge on any atom is 0.273 e. The second-order valence-corrected chi connectivity index (χ2v) is 9.94. The van der Waals surface area contributed by atoms with Gasteiger partial charge in [-0.1, -0.05) is 53.6 Å². The summed E-state index contributed by atoms with van der Waals surface area (Å²) in [5.74, 6) is -0.588. The number of benzene rings is 3. The third kappa shape index (κ3) is 4.49. The van der Waals surface area contributed by atoms with Gasteiger partial charge in [0.15, 0.2) is 0 Å².